The molecule has 1 atom stereocenters. The van der Waals surface area contributed by atoms with E-state index >= 15 is 0 Å². The number of halogens is 2. The lowest BCUT2D eigenvalue weighted by atomic mass is 9.95. The Morgan fingerprint density at radius 1 is 1.07 bits per heavy atom. The Hall–Kier alpha value is -2.53. The smallest absolute Gasteiger partial charge is 0.243 e. The fourth-order valence-corrected chi connectivity index (χ4v) is 4.16. The van der Waals surface area contributed by atoms with E-state index in [0.717, 1.165) is 30.5 Å². The van der Waals surface area contributed by atoms with E-state index < -0.39 is 17.2 Å². The molecule has 0 spiro atoms. The third-order valence-corrected chi connectivity index (χ3v) is 5.63. The van der Waals surface area contributed by atoms with Gasteiger partial charge in [0, 0.05) is 12.1 Å². The highest BCUT2D eigenvalue weighted by Gasteiger charge is 2.43. The van der Waals surface area contributed by atoms with Gasteiger partial charge in [-0.1, -0.05) is 49.2 Å². The summed E-state index contributed by atoms with van der Waals surface area (Å²) in [5.74, 6) is -1.11. The molecule has 2 aromatic rings. The Labute approximate surface area is 157 Å². The van der Waals surface area contributed by atoms with Crippen molar-refractivity contribution in [2.24, 2.45) is 5.73 Å². The molecule has 0 aromatic heterocycles. The Bertz CT molecular complexity index is 888. The molecular formula is C22H22F2N2O. The van der Waals surface area contributed by atoms with E-state index in [0.29, 0.717) is 18.4 Å². The first-order chi connectivity index (χ1) is 13.0. The van der Waals surface area contributed by atoms with Crippen molar-refractivity contribution in [2.45, 2.75) is 37.3 Å². The molecule has 1 aliphatic heterocycles. The third-order valence-electron chi connectivity index (χ3n) is 5.63. The van der Waals surface area contributed by atoms with Crippen LogP contribution in [0.25, 0.3) is 5.57 Å². The van der Waals surface area contributed by atoms with Crippen molar-refractivity contribution < 1.29 is 13.6 Å². The molecule has 140 valence electrons. The van der Waals surface area contributed by atoms with Crippen LogP contribution in [0, 0.1) is 11.6 Å². The minimum atomic E-state index is -0.864. The first-order valence-corrected chi connectivity index (χ1v) is 9.29. The maximum atomic E-state index is 14.3. The maximum absolute atomic E-state index is 14.3. The summed E-state index contributed by atoms with van der Waals surface area (Å²) in [4.78, 5) is 15.0. The lowest BCUT2D eigenvalue weighted by Gasteiger charge is -2.33. The van der Waals surface area contributed by atoms with E-state index in [1.54, 1.807) is 4.90 Å². The fraction of sp³-hybridized carbons (Fsp3) is 0.318. The van der Waals surface area contributed by atoms with Gasteiger partial charge < -0.3 is 10.6 Å². The van der Waals surface area contributed by atoms with Gasteiger partial charge in [0.15, 0.2) is 0 Å². The van der Waals surface area contributed by atoms with E-state index in [-0.39, 0.29) is 24.1 Å². The number of nitrogens with zero attached hydrogens (tertiary/aromatic N) is 1. The van der Waals surface area contributed by atoms with Crippen LogP contribution in [0.3, 0.4) is 0 Å². The Morgan fingerprint density at radius 2 is 1.78 bits per heavy atom. The molecular weight excluding hydrogens is 346 g/mol. The van der Waals surface area contributed by atoms with E-state index in [4.69, 9.17) is 5.73 Å². The van der Waals surface area contributed by atoms with Crippen LogP contribution in [0.1, 0.15) is 42.9 Å². The number of hydrogen-bond donors (Lipinski definition) is 1. The molecule has 0 radical (unpaired) electrons. The largest absolute Gasteiger partial charge is 0.326 e. The highest BCUT2D eigenvalue weighted by Crippen LogP contribution is 2.39. The fourth-order valence-electron chi connectivity index (χ4n) is 4.16. The summed E-state index contributed by atoms with van der Waals surface area (Å²) in [5, 5.41) is 0. The van der Waals surface area contributed by atoms with Crippen LogP contribution in [-0.2, 0) is 4.79 Å². The zero-order valence-corrected chi connectivity index (χ0v) is 15.0. The molecule has 5 heteroatoms. The molecule has 1 saturated carbocycles. The quantitative estimate of drug-likeness (QED) is 0.882. The van der Waals surface area contributed by atoms with Crippen LogP contribution in [0.15, 0.2) is 54.6 Å². The summed E-state index contributed by atoms with van der Waals surface area (Å²) >= 11 is 0. The number of benzene rings is 2. The van der Waals surface area contributed by atoms with Gasteiger partial charge in [0.25, 0.3) is 0 Å². The normalized spacial score (nSPS) is 21.4. The second kappa shape index (κ2) is 6.89. The van der Waals surface area contributed by atoms with Gasteiger partial charge in [-0.3, -0.25) is 4.79 Å². The first-order valence-electron chi connectivity index (χ1n) is 9.29. The molecule has 27 heavy (non-hydrogen) atoms. The number of carbonyl (C=O) groups excluding carboxylic acids is 1. The predicted octanol–water partition coefficient (Wildman–Crippen LogP) is 4.20. The van der Waals surface area contributed by atoms with E-state index in [9.17, 15) is 13.6 Å². The molecule has 1 aliphatic carbocycles. The van der Waals surface area contributed by atoms with Crippen LogP contribution in [0.2, 0.25) is 0 Å². The number of nitrogens with two attached hydrogens (primary N) is 1. The molecule has 1 heterocycles. The van der Waals surface area contributed by atoms with Crippen molar-refractivity contribution in [2.75, 3.05) is 6.54 Å². The average Bonchev–Trinajstić information content (AvgIpc) is 3.31. The second-order valence-corrected chi connectivity index (χ2v) is 7.47. The summed E-state index contributed by atoms with van der Waals surface area (Å²) in [6.45, 7) is 0.220. The van der Waals surface area contributed by atoms with Crippen LogP contribution in [-0.4, -0.2) is 22.9 Å². The van der Waals surface area contributed by atoms with Crippen molar-refractivity contribution in [1.82, 2.24) is 4.90 Å². The van der Waals surface area contributed by atoms with Crippen LogP contribution >= 0.6 is 0 Å². The SMILES string of the molecule is NC1(C(=O)N2CC(c3cc(F)ccc3F)=CC2c2ccccc2)CCCC1. The molecule has 0 bridgehead atoms. The van der Waals surface area contributed by atoms with Gasteiger partial charge in [0.05, 0.1) is 11.6 Å². The molecule has 2 aromatic carbocycles. The number of amides is 1. The topological polar surface area (TPSA) is 46.3 Å². The standard InChI is InChI=1S/C22H22F2N2O/c23-17-8-9-19(24)18(13-17)16-12-20(15-6-2-1-3-7-15)26(14-16)21(27)22(25)10-4-5-11-22/h1-3,6-9,12-13,20H,4-5,10-11,14,25H2. The second-order valence-electron chi connectivity index (χ2n) is 7.47. The van der Waals surface area contributed by atoms with Crippen LogP contribution in [0.4, 0.5) is 8.78 Å². The van der Waals surface area contributed by atoms with Gasteiger partial charge in [0.1, 0.15) is 11.6 Å². The zero-order valence-electron chi connectivity index (χ0n) is 15.0. The van der Waals surface area contributed by atoms with E-state index in [2.05, 4.69) is 0 Å². The third kappa shape index (κ3) is 3.28. The zero-order chi connectivity index (χ0) is 19.0. The van der Waals surface area contributed by atoms with Gasteiger partial charge in [-0.2, -0.15) is 0 Å². The van der Waals surface area contributed by atoms with E-state index in [1.807, 2.05) is 36.4 Å². The van der Waals surface area contributed by atoms with Crippen molar-refractivity contribution in [3.63, 3.8) is 0 Å². The summed E-state index contributed by atoms with van der Waals surface area (Å²) in [6, 6.07) is 12.6. The predicted molar refractivity (Wildman–Crippen MR) is 101 cm³/mol. The molecule has 1 amide bonds. The van der Waals surface area contributed by atoms with Gasteiger partial charge in [-0.05, 0) is 42.2 Å². The van der Waals surface area contributed by atoms with Gasteiger partial charge in [-0.25, -0.2) is 8.78 Å². The molecule has 1 unspecified atom stereocenters. The number of rotatable bonds is 3. The summed E-state index contributed by atoms with van der Waals surface area (Å²) < 4.78 is 28.0. The highest BCUT2D eigenvalue weighted by atomic mass is 19.1. The van der Waals surface area contributed by atoms with Crippen molar-refractivity contribution >= 4 is 11.5 Å². The van der Waals surface area contributed by atoms with Crippen LogP contribution in [0.5, 0.6) is 0 Å². The Balaban J connectivity index is 1.73. The van der Waals surface area contributed by atoms with Gasteiger partial charge in [-0.15, -0.1) is 0 Å². The molecule has 3 nitrogen and oxygen atoms in total. The van der Waals surface area contributed by atoms with Crippen molar-refractivity contribution in [3.8, 4) is 0 Å². The minimum absolute atomic E-state index is 0.114. The highest BCUT2D eigenvalue weighted by molar-refractivity contribution is 5.90. The van der Waals surface area contributed by atoms with E-state index in [1.165, 1.54) is 6.07 Å². The van der Waals surface area contributed by atoms with Gasteiger partial charge in [0.2, 0.25) is 5.91 Å². The lowest BCUT2D eigenvalue weighted by Crippen LogP contribution is -2.53. The Morgan fingerprint density at radius 3 is 2.48 bits per heavy atom. The monoisotopic (exact) mass is 368 g/mol. The average molecular weight is 368 g/mol. The Kier molecular flexibility index (Phi) is 4.56. The molecule has 2 aliphatic rings. The summed E-state index contributed by atoms with van der Waals surface area (Å²) in [5.41, 5.74) is 7.28. The van der Waals surface area contributed by atoms with Gasteiger partial charge >= 0.3 is 0 Å². The molecule has 0 saturated heterocycles. The number of carbonyl (C=O) groups is 1. The molecule has 2 N–H and O–H groups in total. The van der Waals surface area contributed by atoms with Crippen molar-refractivity contribution in [1.29, 1.82) is 0 Å². The van der Waals surface area contributed by atoms with Crippen LogP contribution < -0.4 is 5.73 Å². The molecule has 1 fully saturated rings. The summed E-state index contributed by atoms with van der Waals surface area (Å²) in [6.07, 6.45) is 5.04. The maximum Gasteiger partial charge on any atom is 0.243 e. The first kappa shape index (κ1) is 17.9. The molecule has 4 rings (SSSR count). The van der Waals surface area contributed by atoms with Crippen molar-refractivity contribution in [3.05, 3.63) is 77.4 Å². The minimum Gasteiger partial charge on any atom is -0.326 e. The lowest BCUT2D eigenvalue weighted by molar-refractivity contribution is -0.137. The summed E-state index contributed by atoms with van der Waals surface area (Å²) in [7, 11) is 0. The number of hydrogen-bond acceptors (Lipinski definition) is 2.